The molecule has 0 aliphatic carbocycles. The highest BCUT2D eigenvalue weighted by Crippen LogP contribution is 2.19. The number of anilines is 1. The number of nitrogens with one attached hydrogen (secondary N) is 2. The molecule has 0 fully saturated rings. The second kappa shape index (κ2) is 7.81. The molecule has 0 aliphatic rings. The fourth-order valence-electron chi connectivity index (χ4n) is 2.31. The first-order chi connectivity index (χ1) is 12.5. The number of hydrogen-bond acceptors (Lipinski definition) is 6. The Morgan fingerprint density at radius 1 is 1.15 bits per heavy atom. The summed E-state index contributed by atoms with van der Waals surface area (Å²) in [6.07, 6.45) is 4.93. The maximum absolute atomic E-state index is 12.3. The van der Waals surface area contributed by atoms with E-state index in [1.165, 1.54) is 18.5 Å². The van der Waals surface area contributed by atoms with Crippen molar-refractivity contribution in [3.63, 3.8) is 0 Å². The zero-order chi connectivity index (χ0) is 18.6. The predicted octanol–water partition coefficient (Wildman–Crippen LogP) is 2.01. The van der Waals surface area contributed by atoms with Gasteiger partial charge in [0.1, 0.15) is 28.7 Å². The van der Waals surface area contributed by atoms with E-state index in [1.54, 1.807) is 30.6 Å². The van der Waals surface area contributed by atoms with E-state index >= 15 is 0 Å². The van der Waals surface area contributed by atoms with Gasteiger partial charge >= 0.3 is 0 Å². The molecule has 2 N–H and O–H groups in total. The summed E-state index contributed by atoms with van der Waals surface area (Å²) in [7, 11) is -3.66. The molecule has 8 nitrogen and oxygen atoms in total. The lowest BCUT2D eigenvalue weighted by molar-refractivity contribution is 0.583. The van der Waals surface area contributed by atoms with Crippen molar-refractivity contribution in [2.24, 2.45) is 0 Å². The van der Waals surface area contributed by atoms with Crippen molar-refractivity contribution >= 4 is 27.4 Å². The number of nitrogens with zero attached hydrogens (tertiary/aromatic N) is 4. The molecule has 1 aromatic carbocycles. The van der Waals surface area contributed by atoms with E-state index in [0.29, 0.717) is 18.2 Å². The average Bonchev–Trinajstić information content (AvgIpc) is 3.05. The zero-order valence-corrected chi connectivity index (χ0v) is 15.5. The van der Waals surface area contributed by atoms with Gasteiger partial charge in [0.2, 0.25) is 10.0 Å². The third-order valence-corrected chi connectivity index (χ3v) is 5.54. The van der Waals surface area contributed by atoms with E-state index in [4.69, 9.17) is 11.6 Å². The van der Waals surface area contributed by atoms with Crippen LogP contribution in [-0.4, -0.2) is 41.0 Å². The van der Waals surface area contributed by atoms with Crippen molar-refractivity contribution in [1.29, 1.82) is 0 Å². The van der Waals surface area contributed by atoms with Gasteiger partial charge in [-0.25, -0.2) is 28.1 Å². The van der Waals surface area contributed by atoms with Crippen LogP contribution in [0.3, 0.4) is 0 Å². The van der Waals surface area contributed by atoms with Crippen molar-refractivity contribution in [2.45, 2.75) is 11.8 Å². The molecule has 0 atom stereocenters. The first-order valence-electron chi connectivity index (χ1n) is 7.78. The van der Waals surface area contributed by atoms with Crippen molar-refractivity contribution in [1.82, 2.24) is 24.2 Å². The molecule has 3 rings (SSSR count). The topological polar surface area (TPSA) is 102 Å². The molecule has 0 bridgehead atoms. The Kier molecular flexibility index (Phi) is 5.50. The first-order valence-corrected chi connectivity index (χ1v) is 9.64. The average molecular weight is 393 g/mol. The molecule has 10 heteroatoms. The Morgan fingerprint density at radius 3 is 2.69 bits per heavy atom. The maximum Gasteiger partial charge on any atom is 0.242 e. The molecular formula is C16H17ClN6O2S. The number of hydrogen-bond donors (Lipinski definition) is 2. The molecule has 2 aromatic heterocycles. The van der Waals surface area contributed by atoms with E-state index < -0.39 is 10.0 Å². The summed E-state index contributed by atoms with van der Waals surface area (Å²) in [6.45, 7) is 2.40. The summed E-state index contributed by atoms with van der Waals surface area (Å²) < 4.78 is 28.8. The molecule has 136 valence electrons. The molecule has 0 unspecified atom stereocenters. The van der Waals surface area contributed by atoms with Gasteiger partial charge in [0.15, 0.2) is 0 Å². The lowest BCUT2D eigenvalue weighted by Gasteiger charge is -2.10. The van der Waals surface area contributed by atoms with Gasteiger partial charge < -0.3 is 5.32 Å². The minimum atomic E-state index is -3.66. The molecular weight excluding hydrogens is 376 g/mol. The van der Waals surface area contributed by atoms with Gasteiger partial charge in [0.05, 0.1) is 5.02 Å². The second-order valence-corrected chi connectivity index (χ2v) is 7.50. The zero-order valence-electron chi connectivity index (χ0n) is 13.9. The predicted molar refractivity (Wildman–Crippen MR) is 99.0 cm³/mol. The standard InChI is InChI=1S/C16H17ClN6O2S/c1-12-18-8-9-23(12)16-10-15(20-11-21-16)19-6-7-22-26(24,25)14-5-3-2-4-13(14)17/h2-5,8-11,22H,6-7H2,1H3,(H,19,20,21). The lowest BCUT2D eigenvalue weighted by Crippen LogP contribution is -2.29. The second-order valence-electron chi connectivity index (χ2n) is 5.36. The maximum atomic E-state index is 12.3. The van der Waals surface area contributed by atoms with Crippen LogP contribution in [-0.2, 0) is 10.0 Å². The van der Waals surface area contributed by atoms with Crippen molar-refractivity contribution in [2.75, 3.05) is 18.4 Å². The summed E-state index contributed by atoms with van der Waals surface area (Å²) >= 11 is 5.94. The summed E-state index contributed by atoms with van der Waals surface area (Å²) in [6, 6.07) is 8.06. The van der Waals surface area contributed by atoms with Crippen molar-refractivity contribution in [3.05, 3.63) is 59.9 Å². The normalized spacial score (nSPS) is 11.5. The lowest BCUT2D eigenvalue weighted by atomic mass is 10.4. The Morgan fingerprint density at radius 2 is 1.96 bits per heavy atom. The van der Waals surface area contributed by atoms with Crippen LogP contribution < -0.4 is 10.0 Å². The highest BCUT2D eigenvalue weighted by atomic mass is 35.5. The quantitative estimate of drug-likeness (QED) is 0.596. The van der Waals surface area contributed by atoms with E-state index in [9.17, 15) is 8.42 Å². The molecule has 26 heavy (non-hydrogen) atoms. The Labute approximate surface area is 156 Å². The highest BCUT2D eigenvalue weighted by Gasteiger charge is 2.16. The van der Waals surface area contributed by atoms with E-state index in [1.807, 2.05) is 11.5 Å². The molecule has 3 aromatic rings. The molecule has 0 saturated heterocycles. The number of aryl methyl sites for hydroxylation is 1. The fraction of sp³-hybridized carbons (Fsp3) is 0.188. The first kappa shape index (κ1) is 18.3. The minimum Gasteiger partial charge on any atom is -0.369 e. The minimum absolute atomic E-state index is 0.0570. The third-order valence-electron chi connectivity index (χ3n) is 3.57. The smallest absolute Gasteiger partial charge is 0.242 e. The van der Waals surface area contributed by atoms with Gasteiger partial charge in [-0.2, -0.15) is 0 Å². The van der Waals surface area contributed by atoms with Crippen molar-refractivity contribution in [3.8, 4) is 5.82 Å². The molecule has 0 amide bonds. The third kappa shape index (κ3) is 4.18. The SMILES string of the molecule is Cc1nccn1-c1cc(NCCNS(=O)(=O)c2ccccc2Cl)ncn1. The van der Waals surface area contributed by atoms with E-state index in [0.717, 1.165) is 5.82 Å². The van der Waals surface area contributed by atoms with Crippen LogP contribution in [0.15, 0.2) is 53.9 Å². The summed E-state index contributed by atoms with van der Waals surface area (Å²) in [5.74, 6) is 2.07. The van der Waals surface area contributed by atoms with Crippen LogP contribution in [0, 0.1) is 6.92 Å². The Balaban J connectivity index is 1.59. The van der Waals surface area contributed by atoms with Crippen LogP contribution in [0.1, 0.15) is 5.82 Å². The molecule has 2 heterocycles. The largest absolute Gasteiger partial charge is 0.369 e. The molecule has 0 spiro atoms. The van der Waals surface area contributed by atoms with E-state index in [2.05, 4.69) is 25.0 Å². The van der Waals surface area contributed by atoms with Crippen LogP contribution in [0.4, 0.5) is 5.82 Å². The number of sulfonamides is 1. The monoisotopic (exact) mass is 392 g/mol. The van der Waals surface area contributed by atoms with Gasteiger partial charge in [0, 0.05) is 31.5 Å². The number of benzene rings is 1. The highest BCUT2D eigenvalue weighted by molar-refractivity contribution is 7.89. The molecule has 0 saturated carbocycles. The molecule has 0 radical (unpaired) electrons. The van der Waals surface area contributed by atoms with Crippen molar-refractivity contribution < 1.29 is 8.42 Å². The van der Waals surface area contributed by atoms with Crippen LogP contribution in [0.2, 0.25) is 5.02 Å². The van der Waals surface area contributed by atoms with Gasteiger partial charge in [-0.1, -0.05) is 23.7 Å². The number of rotatable bonds is 7. The van der Waals surface area contributed by atoms with Crippen LogP contribution >= 0.6 is 11.6 Å². The van der Waals surface area contributed by atoms with Gasteiger partial charge in [-0.15, -0.1) is 0 Å². The Bertz CT molecular complexity index is 1010. The van der Waals surface area contributed by atoms with Gasteiger partial charge in [0.25, 0.3) is 0 Å². The summed E-state index contributed by atoms with van der Waals surface area (Å²) in [5, 5.41) is 3.24. The van der Waals surface area contributed by atoms with Gasteiger partial charge in [-0.05, 0) is 19.1 Å². The summed E-state index contributed by atoms with van der Waals surface area (Å²) in [4.78, 5) is 12.5. The van der Waals surface area contributed by atoms with Crippen LogP contribution in [0.25, 0.3) is 5.82 Å². The molecule has 0 aliphatic heterocycles. The fourth-order valence-corrected chi connectivity index (χ4v) is 3.86. The Hall–Kier alpha value is -2.49. The number of aromatic nitrogens is 4. The summed E-state index contributed by atoms with van der Waals surface area (Å²) in [5.41, 5.74) is 0. The van der Waals surface area contributed by atoms with Gasteiger partial charge in [-0.3, -0.25) is 4.57 Å². The number of imidazole rings is 1. The van der Waals surface area contributed by atoms with E-state index in [-0.39, 0.29) is 16.5 Å². The van der Waals surface area contributed by atoms with Crippen LogP contribution in [0.5, 0.6) is 0 Å². The number of halogens is 1.